The average molecular weight is 292 g/mol. The Labute approximate surface area is 99.6 Å². The maximum absolute atomic E-state index is 9.61. The van der Waals surface area contributed by atoms with E-state index in [0.29, 0.717) is 15.1 Å². The molecule has 5 nitrogen and oxygen atoms in total. The minimum atomic E-state index is -0.170. The summed E-state index contributed by atoms with van der Waals surface area (Å²) in [4.78, 5) is 0. The van der Waals surface area contributed by atoms with Crippen LogP contribution in [0.3, 0.4) is 0 Å². The van der Waals surface area contributed by atoms with Crippen molar-refractivity contribution in [2.75, 3.05) is 0 Å². The SMILES string of the molecule is NC(N)=NN=Cc1c(Cl)ccc(Br)c1O. The number of hydrogen-bond donors (Lipinski definition) is 3. The van der Waals surface area contributed by atoms with Crippen molar-refractivity contribution in [3.63, 3.8) is 0 Å². The first kappa shape index (κ1) is 11.8. The molecule has 1 aromatic rings. The highest BCUT2D eigenvalue weighted by Gasteiger charge is 2.07. The minimum Gasteiger partial charge on any atom is -0.506 e. The normalized spacial score (nSPS) is 10.5. The zero-order valence-electron chi connectivity index (χ0n) is 7.48. The first-order chi connectivity index (χ1) is 7.02. The second kappa shape index (κ2) is 4.99. The van der Waals surface area contributed by atoms with E-state index in [1.807, 2.05) is 0 Å². The van der Waals surface area contributed by atoms with Gasteiger partial charge in [0.05, 0.1) is 21.3 Å². The molecule has 0 bridgehead atoms. The highest BCUT2D eigenvalue weighted by Crippen LogP contribution is 2.31. The summed E-state index contributed by atoms with van der Waals surface area (Å²) in [5.41, 5.74) is 10.5. The molecule has 1 aromatic carbocycles. The van der Waals surface area contributed by atoms with Gasteiger partial charge in [-0.05, 0) is 28.1 Å². The lowest BCUT2D eigenvalue weighted by molar-refractivity contribution is 0.471. The van der Waals surface area contributed by atoms with Crippen LogP contribution in [0.25, 0.3) is 0 Å². The molecule has 0 aromatic heterocycles. The standard InChI is InChI=1S/C8H8BrClN4O/c9-5-1-2-6(10)4(7(5)15)3-13-14-8(11)12/h1-3,15H,(H4,11,12,14). The number of benzene rings is 1. The molecule has 0 aliphatic carbocycles. The fourth-order valence-electron chi connectivity index (χ4n) is 0.833. The van der Waals surface area contributed by atoms with E-state index in [-0.39, 0.29) is 11.7 Å². The Morgan fingerprint density at radius 2 is 2.13 bits per heavy atom. The molecule has 80 valence electrons. The van der Waals surface area contributed by atoms with Crippen LogP contribution in [0.2, 0.25) is 5.02 Å². The maximum Gasteiger partial charge on any atom is 0.211 e. The van der Waals surface area contributed by atoms with Crippen LogP contribution in [0.15, 0.2) is 26.8 Å². The zero-order chi connectivity index (χ0) is 11.4. The van der Waals surface area contributed by atoms with Gasteiger partial charge in [0.2, 0.25) is 5.96 Å². The average Bonchev–Trinajstić information content (AvgIpc) is 2.17. The Balaban J connectivity index is 3.09. The molecule has 0 spiro atoms. The number of aromatic hydroxyl groups is 1. The summed E-state index contributed by atoms with van der Waals surface area (Å²) >= 11 is 8.98. The predicted molar refractivity (Wildman–Crippen MR) is 64.2 cm³/mol. The Morgan fingerprint density at radius 3 is 2.73 bits per heavy atom. The van der Waals surface area contributed by atoms with Crippen molar-refractivity contribution in [3.8, 4) is 5.75 Å². The molecule has 0 saturated carbocycles. The molecule has 15 heavy (non-hydrogen) atoms. The predicted octanol–water partition coefficient (Wildman–Crippen LogP) is 1.42. The molecule has 5 N–H and O–H groups in total. The topological polar surface area (TPSA) is 97.0 Å². The molecule has 0 heterocycles. The van der Waals surface area contributed by atoms with Crippen molar-refractivity contribution < 1.29 is 5.11 Å². The van der Waals surface area contributed by atoms with Gasteiger partial charge < -0.3 is 16.6 Å². The van der Waals surface area contributed by atoms with Crippen LogP contribution in [-0.2, 0) is 0 Å². The lowest BCUT2D eigenvalue weighted by Gasteiger charge is -2.02. The van der Waals surface area contributed by atoms with Crippen molar-refractivity contribution in [2.24, 2.45) is 21.7 Å². The van der Waals surface area contributed by atoms with Crippen LogP contribution >= 0.6 is 27.5 Å². The molecule has 0 radical (unpaired) electrons. The summed E-state index contributed by atoms with van der Waals surface area (Å²) in [6.45, 7) is 0. The smallest absolute Gasteiger partial charge is 0.211 e. The summed E-state index contributed by atoms with van der Waals surface area (Å²) in [6.07, 6.45) is 1.27. The second-order valence-electron chi connectivity index (χ2n) is 2.56. The van der Waals surface area contributed by atoms with Crippen LogP contribution in [0.1, 0.15) is 5.56 Å². The van der Waals surface area contributed by atoms with E-state index in [2.05, 4.69) is 26.1 Å². The van der Waals surface area contributed by atoms with E-state index >= 15 is 0 Å². The number of halogens is 2. The van der Waals surface area contributed by atoms with Crippen LogP contribution in [0, 0.1) is 0 Å². The third-order valence-corrected chi connectivity index (χ3v) is 2.44. The van der Waals surface area contributed by atoms with Gasteiger partial charge in [0.1, 0.15) is 5.75 Å². The molecule has 7 heteroatoms. The summed E-state index contributed by atoms with van der Waals surface area (Å²) < 4.78 is 0.512. The minimum absolute atomic E-state index is 0.0166. The number of rotatable bonds is 2. The third-order valence-electron chi connectivity index (χ3n) is 1.47. The largest absolute Gasteiger partial charge is 0.506 e. The Hall–Kier alpha value is -1.27. The van der Waals surface area contributed by atoms with Gasteiger partial charge >= 0.3 is 0 Å². The van der Waals surface area contributed by atoms with Crippen molar-refractivity contribution in [1.29, 1.82) is 0 Å². The molecule has 0 amide bonds. The van der Waals surface area contributed by atoms with Crippen molar-refractivity contribution in [2.45, 2.75) is 0 Å². The van der Waals surface area contributed by atoms with Crippen LogP contribution in [0.5, 0.6) is 5.75 Å². The second-order valence-corrected chi connectivity index (χ2v) is 3.82. The van der Waals surface area contributed by atoms with Gasteiger partial charge in [-0.3, -0.25) is 0 Å². The lowest BCUT2D eigenvalue weighted by Crippen LogP contribution is -2.21. The Kier molecular flexibility index (Phi) is 3.93. The number of phenols is 1. The van der Waals surface area contributed by atoms with E-state index in [1.165, 1.54) is 6.21 Å². The highest BCUT2D eigenvalue weighted by atomic mass is 79.9. The number of phenolic OH excluding ortho intramolecular Hbond substituents is 1. The highest BCUT2D eigenvalue weighted by molar-refractivity contribution is 9.10. The molecule has 0 fully saturated rings. The lowest BCUT2D eigenvalue weighted by atomic mass is 10.2. The summed E-state index contributed by atoms with van der Waals surface area (Å²) in [5.74, 6) is -0.186. The zero-order valence-corrected chi connectivity index (χ0v) is 9.83. The monoisotopic (exact) mass is 290 g/mol. The number of hydrogen-bond acceptors (Lipinski definition) is 3. The van der Waals surface area contributed by atoms with E-state index < -0.39 is 0 Å². The third kappa shape index (κ3) is 3.10. The van der Waals surface area contributed by atoms with Gasteiger partial charge in [-0.25, -0.2) is 0 Å². The molecule has 0 unspecified atom stereocenters. The van der Waals surface area contributed by atoms with E-state index in [0.717, 1.165) is 0 Å². The van der Waals surface area contributed by atoms with E-state index in [9.17, 15) is 5.11 Å². The maximum atomic E-state index is 9.61. The van der Waals surface area contributed by atoms with Crippen LogP contribution in [-0.4, -0.2) is 17.3 Å². The van der Waals surface area contributed by atoms with Crippen molar-refractivity contribution in [3.05, 3.63) is 27.2 Å². The van der Waals surface area contributed by atoms with Gasteiger partial charge in [0.15, 0.2) is 0 Å². The first-order valence-electron chi connectivity index (χ1n) is 3.81. The van der Waals surface area contributed by atoms with E-state index in [1.54, 1.807) is 12.1 Å². The van der Waals surface area contributed by atoms with Gasteiger partial charge in [-0.1, -0.05) is 11.6 Å². The van der Waals surface area contributed by atoms with Crippen molar-refractivity contribution >= 4 is 39.7 Å². The summed E-state index contributed by atoms with van der Waals surface area (Å²) in [6, 6.07) is 3.23. The Bertz CT molecular complexity index is 429. The quantitative estimate of drug-likeness (QED) is 0.436. The number of nitrogens with two attached hydrogens (primary N) is 2. The summed E-state index contributed by atoms with van der Waals surface area (Å²) in [7, 11) is 0. The fraction of sp³-hybridized carbons (Fsp3) is 0. The molecular weight excluding hydrogens is 283 g/mol. The van der Waals surface area contributed by atoms with Crippen LogP contribution in [0.4, 0.5) is 0 Å². The molecule has 0 atom stereocenters. The number of guanidine groups is 1. The first-order valence-corrected chi connectivity index (χ1v) is 4.98. The molecule has 1 rings (SSSR count). The van der Waals surface area contributed by atoms with Crippen LogP contribution < -0.4 is 11.5 Å². The summed E-state index contributed by atoms with van der Waals surface area (Å²) in [5, 5.41) is 16.9. The molecule has 0 aliphatic rings. The van der Waals surface area contributed by atoms with Gasteiger partial charge in [-0.2, -0.15) is 5.10 Å². The molecule has 0 aliphatic heterocycles. The fourth-order valence-corrected chi connectivity index (χ4v) is 1.38. The van der Waals surface area contributed by atoms with Crippen molar-refractivity contribution in [1.82, 2.24) is 0 Å². The Morgan fingerprint density at radius 1 is 1.47 bits per heavy atom. The number of nitrogens with zero attached hydrogens (tertiary/aromatic N) is 2. The molecular formula is C8H8BrClN4O. The molecule has 0 saturated heterocycles. The van der Waals surface area contributed by atoms with Gasteiger partial charge in [0, 0.05) is 0 Å². The van der Waals surface area contributed by atoms with Gasteiger partial charge in [-0.15, -0.1) is 5.10 Å². The van der Waals surface area contributed by atoms with E-state index in [4.69, 9.17) is 23.1 Å². The van der Waals surface area contributed by atoms with Gasteiger partial charge in [0.25, 0.3) is 0 Å².